The molecule has 0 aliphatic carbocycles. The molecule has 0 radical (unpaired) electrons. The Bertz CT molecular complexity index is 603. The van der Waals surface area contributed by atoms with E-state index in [4.69, 9.17) is 9.84 Å². The summed E-state index contributed by atoms with van der Waals surface area (Å²) in [5, 5.41) is 8.81. The van der Waals surface area contributed by atoms with Crippen LogP contribution in [0.3, 0.4) is 0 Å². The number of nitrogens with one attached hydrogen (secondary N) is 1. The van der Waals surface area contributed by atoms with Crippen LogP contribution in [0.25, 0.3) is 0 Å². The summed E-state index contributed by atoms with van der Waals surface area (Å²) >= 11 is 0. The molecule has 116 valence electrons. The molecule has 1 unspecified atom stereocenters. The molecule has 1 aliphatic rings. The molecule has 2 N–H and O–H groups in total. The molecule has 0 spiro atoms. The van der Waals surface area contributed by atoms with Crippen LogP contribution in [-0.2, 0) is 20.5 Å². The Labute approximate surface area is 124 Å². The normalized spacial score (nSPS) is 22.9. The van der Waals surface area contributed by atoms with Crippen molar-refractivity contribution in [3.63, 3.8) is 0 Å². The second-order valence-corrected chi connectivity index (χ2v) is 7.30. The highest BCUT2D eigenvalue weighted by Gasteiger charge is 2.32. The molecule has 1 aromatic rings. The fraction of sp³-hybridized carbons (Fsp3) is 0.500. The van der Waals surface area contributed by atoms with Crippen LogP contribution in [0, 0.1) is 0 Å². The van der Waals surface area contributed by atoms with Gasteiger partial charge in [0.2, 0.25) is 10.0 Å². The predicted molar refractivity (Wildman–Crippen MR) is 77.6 cm³/mol. The van der Waals surface area contributed by atoms with Gasteiger partial charge in [0.1, 0.15) is 0 Å². The van der Waals surface area contributed by atoms with Gasteiger partial charge in [-0.25, -0.2) is 17.9 Å². The maximum absolute atomic E-state index is 12.2. The SMILES string of the molecule is CC1(NS(=O)(=O)Cc2ccc(C(=O)O)cc2)CCCOC1. The number of hydrogen-bond donors (Lipinski definition) is 2. The molecule has 6 nitrogen and oxygen atoms in total. The van der Waals surface area contributed by atoms with Crippen LogP contribution in [-0.4, -0.2) is 38.2 Å². The minimum absolute atomic E-state index is 0.136. The van der Waals surface area contributed by atoms with Gasteiger partial charge in [0, 0.05) is 6.61 Å². The Morgan fingerprint density at radius 2 is 2.05 bits per heavy atom. The Kier molecular flexibility index (Phi) is 4.65. The highest BCUT2D eigenvalue weighted by Crippen LogP contribution is 2.20. The molecule has 2 rings (SSSR count). The summed E-state index contributed by atoms with van der Waals surface area (Å²) in [6.07, 6.45) is 1.57. The molecule has 1 aromatic carbocycles. The van der Waals surface area contributed by atoms with E-state index in [1.165, 1.54) is 24.3 Å². The van der Waals surface area contributed by atoms with Crippen molar-refractivity contribution in [1.29, 1.82) is 0 Å². The van der Waals surface area contributed by atoms with E-state index in [1.807, 2.05) is 6.92 Å². The lowest BCUT2D eigenvalue weighted by Gasteiger charge is -2.33. The van der Waals surface area contributed by atoms with E-state index in [9.17, 15) is 13.2 Å². The summed E-state index contributed by atoms with van der Waals surface area (Å²) in [4.78, 5) is 10.8. The van der Waals surface area contributed by atoms with Gasteiger partial charge in [-0.1, -0.05) is 12.1 Å². The van der Waals surface area contributed by atoms with Crippen molar-refractivity contribution < 1.29 is 23.1 Å². The zero-order valence-corrected chi connectivity index (χ0v) is 12.6. The summed E-state index contributed by atoms with van der Waals surface area (Å²) in [7, 11) is -3.50. The van der Waals surface area contributed by atoms with Crippen molar-refractivity contribution >= 4 is 16.0 Å². The highest BCUT2D eigenvalue weighted by atomic mass is 32.2. The van der Waals surface area contributed by atoms with Crippen molar-refractivity contribution in [2.45, 2.75) is 31.1 Å². The lowest BCUT2D eigenvalue weighted by Crippen LogP contribution is -2.51. The predicted octanol–water partition coefficient (Wildman–Crippen LogP) is 1.37. The van der Waals surface area contributed by atoms with E-state index in [0.717, 1.165) is 12.8 Å². The van der Waals surface area contributed by atoms with Gasteiger partial charge in [0.25, 0.3) is 0 Å². The largest absolute Gasteiger partial charge is 0.478 e. The average Bonchev–Trinajstić information content (AvgIpc) is 2.38. The average molecular weight is 313 g/mol. The van der Waals surface area contributed by atoms with E-state index in [-0.39, 0.29) is 11.3 Å². The van der Waals surface area contributed by atoms with Gasteiger partial charge in [0.15, 0.2) is 0 Å². The van der Waals surface area contributed by atoms with Gasteiger partial charge < -0.3 is 9.84 Å². The number of carboxylic acids is 1. The van der Waals surface area contributed by atoms with E-state index >= 15 is 0 Å². The molecule has 1 saturated heterocycles. The van der Waals surface area contributed by atoms with Gasteiger partial charge in [-0.05, 0) is 37.5 Å². The Morgan fingerprint density at radius 3 is 2.57 bits per heavy atom. The third-order valence-electron chi connectivity index (χ3n) is 3.40. The van der Waals surface area contributed by atoms with Crippen molar-refractivity contribution in [2.75, 3.05) is 13.2 Å². The minimum atomic E-state index is -3.50. The zero-order valence-electron chi connectivity index (χ0n) is 11.8. The number of sulfonamides is 1. The van der Waals surface area contributed by atoms with E-state index in [0.29, 0.717) is 18.8 Å². The van der Waals surface area contributed by atoms with Crippen molar-refractivity contribution in [3.8, 4) is 0 Å². The fourth-order valence-corrected chi connectivity index (χ4v) is 4.00. The number of benzene rings is 1. The van der Waals surface area contributed by atoms with E-state index in [1.54, 1.807) is 0 Å². The molecule has 1 fully saturated rings. The van der Waals surface area contributed by atoms with Crippen LogP contribution in [0.15, 0.2) is 24.3 Å². The lowest BCUT2D eigenvalue weighted by molar-refractivity contribution is 0.0386. The van der Waals surface area contributed by atoms with Crippen LogP contribution < -0.4 is 4.72 Å². The summed E-state index contributed by atoms with van der Waals surface area (Å²) in [5.74, 6) is -1.21. The maximum Gasteiger partial charge on any atom is 0.335 e. The molecule has 0 aromatic heterocycles. The van der Waals surface area contributed by atoms with Crippen LogP contribution in [0.2, 0.25) is 0 Å². The second kappa shape index (κ2) is 6.13. The second-order valence-electron chi connectivity index (χ2n) is 5.58. The molecule has 0 saturated carbocycles. The van der Waals surface area contributed by atoms with Gasteiger partial charge in [-0.2, -0.15) is 0 Å². The smallest absolute Gasteiger partial charge is 0.335 e. The molecule has 0 bridgehead atoms. The highest BCUT2D eigenvalue weighted by molar-refractivity contribution is 7.88. The number of carboxylic acid groups (broad SMARTS) is 1. The first-order valence-corrected chi connectivity index (χ1v) is 8.37. The summed E-state index contributed by atoms with van der Waals surface area (Å²) in [5.41, 5.74) is 0.113. The maximum atomic E-state index is 12.2. The fourth-order valence-electron chi connectivity index (χ4n) is 2.39. The Morgan fingerprint density at radius 1 is 1.38 bits per heavy atom. The third kappa shape index (κ3) is 4.52. The number of aromatic carboxylic acids is 1. The van der Waals surface area contributed by atoms with Crippen LogP contribution in [0.5, 0.6) is 0 Å². The van der Waals surface area contributed by atoms with E-state index in [2.05, 4.69) is 4.72 Å². The van der Waals surface area contributed by atoms with Gasteiger partial charge >= 0.3 is 5.97 Å². The molecule has 1 atom stereocenters. The van der Waals surface area contributed by atoms with Gasteiger partial charge in [-0.3, -0.25) is 0 Å². The summed E-state index contributed by atoms with van der Waals surface area (Å²) in [6.45, 7) is 2.86. The number of hydrogen-bond acceptors (Lipinski definition) is 4. The third-order valence-corrected chi connectivity index (χ3v) is 4.91. The lowest BCUT2D eigenvalue weighted by atomic mass is 9.97. The number of rotatable bonds is 5. The molecule has 1 heterocycles. The molecule has 1 aliphatic heterocycles. The first kappa shape index (κ1) is 15.9. The minimum Gasteiger partial charge on any atom is -0.478 e. The Hall–Kier alpha value is -1.44. The van der Waals surface area contributed by atoms with Crippen molar-refractivity contribution in [3.05, 3.63) is 35.4 Å². The number of ether oxygens (including phenoxy) is 1. The number of carbonyl (C=O) groups is 1. The first-order chi connectivity index (χ1) is 9.80. The monoisotopic (exact) mass is 313 g/mol. The quantitative estimate of drug-likeness (QED) is 0.856. The standard InChI is InChI=1S/C14H19NO5S/c1-14(7-2-8-20-10-14)15-21(18,19)9-11-3-5-12(6-4-11)13(16)17/h3-6,15H,2,7-10H2,1H3,(H,16,17). The first-order valence-electron chi connectivity index (χ1n) is 6.71. The van der Waals surface area contributed by atoms with Crippen LogP contribution in [0.4, 0.5) is 0 Å². The molecular weight excluding hydrogens is 294 g/mol. The molecular formula is C14H19NO5S. The Balaban J connectivity index is 2.04. The molecule has 7 heteroatoms. The van der Waals surface area contributed by atoms with Gasteiger partial charge in [0.05, 0.1) is 23.5 Å². The summed E-state index contributed by atoms with van der Waals surface area (Å²) < 4.78 is 32.4. The zero-order chi connectivity index (χ0) is 15.5. The summed E-state index contributed by atoms with van der Waals surface area (Å²) in [6, 6.07) is 5.84. The van der Waals surface area contributed by atoms with Crippen molar-refractivity contribution in [2.24, 2.45) is 0 Å². The topological polar surface area (TPSA) is 92.7 Å². The van der Waals surface area contributed by atoms with Crippen LogP contribution in [0.1, 0.15) is 35.7 Å². The molecule has 21 heavy (non-hydrogen) atoms. The van der Waals surface area contributed by atoms with E-state index < -0.39 is 21.5 Å². The van der Waals surface area contributed by atoms with Crippen LogP contribution >= 0.6 is 0 Å². The molecule has 0 amide bonds. The van der Waals surface area contributed by atoms with Gasteiger partial charge in [-0.15, -0.1) is 0 Å². The van der Waals surface area contributed by atoms with Crippen molar-refractivity contribution in [1.82, 2.24) is 4.72 Å².